The van der Waals surface area contributed by atoms with Crippen molar-refractivity contribution in [1.29, 1.82) is 0 Å². The van der Waals surface area contributed by atoms with E-state index in [4.69, 9.17) is 21.1 Å². The van der Waals surface area contributed by atoms with Crippen molar-refractivity contribution in [1.82, 2.24) is 9.55 Å². The molecule has 0 unspecified atom stereocenters. The summed E-state index contributed by atoms with van der Waals surface area (Å²) in [6.45, 7) is 3.40. The number of benzene rings is 2. The fraction of sp³-hybridized carbons (Fsp3) is 0.217. The summed E-state index contributed by atoms with van der Waals surface area (Å²) in [6, 6.07) is 13.9. The van der Waals surface area contributed by atoms with E-state index in [9.17, 15) is 9.90 Å². The smallest absolute Gasteiger partial charge is 0.353 e. The third kappa shape index (κ3) is 5.63. The predicted octanol–water partition coefficient (Wildman–Crippen LogP) is 3.44. The van der Waals surface area contributed by atoms with Crippen molar-refractivity contribution in [3.05, 3.63) is 81.5 Å². The molecule has 0 radical (unpaired) electrons. The summed E-state index contributed by atoms with van der Waals surface area (Å²) in [5, 5.41) is 10.4. The lowest BCUT2D eigenvalue weighted by atomic mass is 10.2. The summed E-state index contributed by atoms with van der Waals surface area (Å²) in [4.78, 5) is 16.5. The molecule has 0 amide bonds. The highest BCUT2D eigenvalue weighted by Gasteiger charge is 2.16. The molecule has 3 rings (SSSR count). The summed E-state index contributed by atoms with van der Waals surface area (Å²) in [5.74, 6) is 6.71. The molecular weight excluding hydrogens is 404 g/mol. The van der Waals surface area contributed by atoms with Crippen molar-refractivity contribution in [2.24, 2.45) is 0 Å². The van der Waals surface area contributed by atoms with E-state index < -0.39 is 11.3 Å². The Hall–Kier alpha value is -3.27. The van der Waals surface area contributed by atoms with Crippen molar-refractivity contribution in [3.8, 4) is 29.0 Å². The quantitative estimate of drug-likeness (QED) is 0.635. The van der Waals surface area contributed by atoms with Crippen LogP contribution in [0.15, 0.2) is 59.5 Å². The maximum absolute atomic E-state index is 12.5. The standard InChI is InChI=1S/C23H21ClN2O4/c1-23(2,28)15-30-20-10-9-19(14-21(20)29-3)26-12-11-18(25-22(26)27)8-7-16-5-4-6-17(24)13-16/h4-6,9-14,28H,15H2,1-3H3. The van der Waals surface area contributed by atoms with Crippen molar-refractivity contribution >= 4 is 11.6 Å². The van der Waals surface area contributed by atoms with Gasteiger partial charge in [-0.25, -0.2) is 4.79 Å². The molecule has 1 N–H and O–H groups in total. The van der Waals surface area contributed by atoms with Gasteiger partial charge in [0.1, 0.15) is 12.3 Å². The Morgan fingerprint density at radius 3 is 2.60 bits per heavy atom. The number of aromatic nitrogens is 2. The fourth-order valence-corrected chi connectivity index (χ4v) is 2.74. The number of ether oxygens (including phenoxy) is 2. The molecule has 0 bridgehead atoms. The Labute approximate surface area is 179 Å². The highest BCUT2D eigenvalue weighted by atomic mass is 35.5. The normalized spacial score (nSPS) is 10.8. The molecule has 0 aliphatic carbocycles. The van der Waals surface area contributed by atoms with Crippen LogP contribution >= 0.6 is 11.6 Å². The van der Waals surface area contributed by atoms with Crippen LogP contribution in [-0.2, 0) is 0 Å². The molecule has 0 saturated heterocycles. The average molecular weight is 425 g/mol. The molecule has 154 valence electrons. The molecule has 7 heteroatoms. The first kappa shape index (κ1) is 21.4. The number of methoxy groups -OCH3 is 1. The van der Waals surface area contributed by atoms with Gasteiger partial charge in [-0.05, 0) is 56.2 Å². The molecule has 0 saturated carbocycles. The molecule has 0 atom stereocenters. The van der Waals surface area contributed by atoms with Gasteiger partial charge < -0.3 is 14.6 Å². The molecule has 1 aromatic heterocycles. The van der Waals surface area contributed by atoms with Crippen LogP contribution < -0.4 is 15.2 Å². The highest BCUT2D eigenvalue weighted by molar-refractivity contribution is 6.30. The van der Waals surface area contributed by atoms with Crippen LogP contribution in [-0.4, -0.2) is 34.0 Å². The maximum atomic E-state index is 12.5. The zero-order chi connectivity index (χ0) is 21.7. The van der Waals surface area contributed by atoms with Gasteiger partial charge in [-0.15, -0.1) is 0 Å². The molecule has 30 heavy (non-hydrogen) atoms. The third-order valence-electron chi connectivity index (χ3n) is 3.97. The summed E-state index contributed by atoms with van der Waals surface area (Å²) in [6.07, 6.45) is 1.60. The first-order valence-electron chi connectivity index (χ1n) is 9.16. The molecule has 3 aromatic rings. The number of rotatable bonds is 5. The van der Waals surface area contributed by atoms with Gasteiger partial charge >= 0.3 is 5.69 Å². The van der Waals surface area contributed by atoms with Gasteiger partial charge in [0.25, 0.3) is 0 Å². The van der Waals surface area contributed by atoms with Crippen LogP contribution in [0.2, 0.25) is 5.02 Å². The van der Waals surface area contributed by atoms with Crippen LogP contribution in [0.1, 0.15) is 25.1 Å². The van der Waals surface area contributed by atoms with E-state index in [1.54, 1.807) is 62.5 Å². The van der Waals surface area contributed by atoms with Gasteiger partial charge in [0.15, 0.2) is 11.5 Å². The molecule has 0 spiro atoms. The van der Waals surface area contributed by atoms with E-state index >= 15 is 0 Å². The molecular formula is C23H21ClN2O4. The van der Waals surface area contributed by atoms with Crippen LogP contribution in [0.3, 0.4) is 0 Å². The van der Waals surface area contributed by atoms with Gasteiger partial charge in [-0.2, -0.15) is 4.98 Å². The zero-order valence-corrected chi connectivity index (χ0v) is 17.6. The third-order valence-corrected chi connectivity index (χ3v) is 4.20. The van der Waals surface area contributed by atoms with Crippen molar-refractivity contribution in [2.45, 2.75) is 19.4 Å². The Bertz CT molecular complexity index is 1170. The van der Waals surface area contributed by atoms with E-state index in [0.29, 0.717) is 27.9 Å². The van der Waals surface area contributed by atoms with E-state index in [1.807, 2.05) is 6.07 Å². The second-order valence-electron chi connectivity index (χ2n) is 7.16. The minimum atomic E-state index is -0.980. The fourth-order valence-electron chi connectivity index (χ4n) is 2.55. The molecule has 6 nitrogen and oxygen atoms in total. The van der Waals surface area contributed by atoms with Crippen LogP contribution in [0.25, 0.3) is 5.69 Å². The first-order valence-corrected chi connectivity index (χ1v) is 9.54. The number of hydrogen-bond acceptors (Lipinski definition) is 5. The van der Waals surface area contributed by atoms with Gasteiger partial charge in [0, 0.05) is 22.8 Å². The molecule has 0 fully saturated rings. The lowest BCUT2D eigenvalue weighted by Crippen LogP contribution is -2.28. The van der Waals surface area contributed by atoms with Gasteiger partial charge in [0.05, 0.1) is 18.4 Å². The molecule has 0 aliphatic rings. The molecule has 2 aromatic carbocycles. The lowest BCUT2D eigenvalue weighted by molar-refractivity contribution is 0.0276. The second kappa shape index (κ2) is 9.04. The largest absolute Gasteiger partial charge is 0.493 e. The van der Waals surface area contributed by atoms with Gasteiger partial charge in [-0.1, -0.05) is 23.6 Å². The summed E-state index contributed by atoms with van der Waals surface area (Å²) >= 11 is 5.95. The van der Waals surface area contributed by atoms with E-state index in [2.05, 4.69) is 16.8 Å². The predicted molar refractivity (Wildman–Crippen MR) is 116 cm³/mol. The molecule has 0 aliphatic heterocycles. The number of aliphatic hydroxyl groups is 1. The zero-order valence-electron chi connectivity index (χ0n) is 16.8. The van der Waals surface area contributed by atoms with Crippen molar-refractivity contribution in [3.63, 3.8) is 0 Å². The number of nitrogens with zero attached hydrogens (tertiary/aromatic N) is 2. The molecule has 1 heterocycles. The van der Waals surface area contributed by atoms with Crippen LogP contribution in [0.4, 0.5) is 0 Å². The topological polar surface area (TPSA) is 73.6 Å². The lowest BCUT2D eigenvalue weighted by Gasteiger charge is -2.19. The Morgan fingerprint density at radius 1 is 1.13 bits per heavy atom. The second-order valence-corrected chi connectivity index (χ2v) is 7.60. The SMILES string of the molecule is COc1cc(-n2ccc(C#Cc3cccc(Cl)c3)nc2=O)ccc1OCC(C)(C)O. The minimum absolute atomic E-state index is 0.101. The average Bonchev–Trinajstić information content (AvgIpc) is 2.70. The maximum Gasteiger partial charge on any atom is 0.353 e. The van der Waals surface area contributed by atoms with E-state index in [1.165, 1.54) is 11.7 Å². The summed E-state index contributed by atoms with van der Waals surface area (Å²) in [7, 11) is 1.51. The van der Waals surface area contributed by atoms with E-state index in [-0.39, 0.29) is 6.61 Å². The number of hydrogen-bond donors (Lipinski definition) is 1. The van der Waals surface area contributed by atoms with Crippen LogP contribution in [0, 0.1) is 11.8 Å². The van der Waals surface area contributed by atoms with Gasteiger partial charge in [0.2, 0.25) is 0 Å². The summed E-state index contributed by atoms with van der Waals surface area (Å²) < 4.78 is 12.3. The monoisotopic (exact) mass is 424 g/mol. The highest BCUT2D eigenvalue weighted by Crippen LogP contribution is 2.29. The Kier molecular flexibility index (Phi) is 6.46. The number of halogens is 1. The van der Waals surface area contributed by atoms with Crippen LogP contribution in [0.5, 0.6) is 11.5 Å². The first-order chi connectivity index (χ1) is 14.2. The minimum Gasteiger partial charge on any atom is -0.493 e. The van der Waals surface area contributed by atoms with Crippen molar-refractivity contribution in [2.75, 3.05) is 13.7 Å². The summed E-state index contributed by atoms with van der Waals surface area (Å²) in [5.41, 5.74) is 0.203. The van der Waals surface area contributed by atoms with E-state index in [0.717, 1.165) is 5.56 Å². The van der Waals surface area contributed by atoms with Gasteiger partial charge in [-0.3, -0.25) is 4.57 Å². The Morgan fingerprint density at radius 2 is 1.93 bits per heavy atom. The Balaban J connectivity index is 1.85. The van der Waals surface area contributed by atoms with Crippen molar-refractivity contribution < 1.29 is 14.6 Å².